The Labute approximate surface area is 163 Å². The zero-order valence-corrected chi connectivity index (χ0v) is 15.1. The summed E-state index contributed by atoms with van der Waals surface area (Å²) in [5, 5.41) is 20.0. The molecule has 28 heavy (non-hydrogen) atoms. The third kappa shape index (κ3) is 5.11. The van der Waals surface area contributed by atoms with Crippen LogP contribution in [0.3, 0.4) is 0 Å². The van der Waals surface area contributed by atoms with E-state index in [9.17, 15) is 13.2 Å². The summed E-state index contributed by atoms with van der Waals surface area (Å²) in [6.45, 7) is 0.580. The van der Waals surface area contributed by atoms with Crippen molar-refractivity contribution in [2.75, 3.05) is 29.0 Å². The van der Waals surface area contributed by atoms with Crippen LogP contribution in [0.25, 0.3) is 0 Å². The highest BCUT2D eigenvalue weighted by molar-refractivity contribution is 6.33. The van der Waals surface area contributed by atoms with Crippen molar-refractivity contribution in [2.45, 2.75) is 19.0 Å². The summed E-state index contributed by atoms with van der Waals surface area (Å²) in [5.74, 6) is 0.302. The minimum absolute atomic E-state index is 0.0633. The summed E-state index contributed by atoms with van der Waals surface area (Å²) < 4.78 is 38.2. The predicted molar refractivity (Wildman–Crippen MR) is 96.6 cm³/mol. The monoisotopic (exact) mass is 410 g/mol. The molecule has 2 rings (SSSR count). The van der Waals surface area contributed by atoms with Gasteiger partial charge in [-0.25, -0.2) is 15.0 Å². The number of nitrogen functional groups attached to an aromatic ring is 1. The Hall–Kier alpha value is -3.31. The summed E-state index contributed by atoms with van der Waals surface area (Å²) >= 11 is 5.89. The van der Waals surface area contributed by atoms with Crippen LogP contribution in [-0.2, 0) is 6.18 Å². The quantitative estimate of drug-likeness (QED) is 0.709. The van der Waals surface area contributed by atoms with Crippen LogP contribution in [-0.4, -0.2) is 28.0 Å². The molecule has 3 N–H and O–H groups in total. The molecule has 0 amide bonds. The fourth-order valence-electron chi connectivity index (χ4n) is 2.23. The molecule has 0 spiro atoms. The molecular weight excluding hydrogens is 397 g/mol. The second-order valence-electron chi connectivity index (χ2n) is 5.44. The van der Waals surface area contributed by atoms with Crippen LogP contribution < -0.4 is 16.0 Å². The minimum atomic E-state index is -4.57. The Morgan fingerprint density at radius 3 is 2.29 bits per heavy atom. The van der Waals surface area contributed by atoms with Crippen LogP contribution in [0, 0.1) is 22.7 Å². The highest BCUT2D eigenvalue weighted by atomic mass is 35.5. The summed E-state index contributed by atoms with van der Waals surface area (Å²) in [6, 6.07) is 4.74. The average molecular weight is 411 g/mol. The van der Waals surface area contributed by atoms with E-state index >= 15 is 0 Å². The molecular formula is C16H14ClF3N8. The molecule has 0 aliphatic rings. The fourth-order valence-corrected chi connectivity index (χ4v) is 2.44. The molecule has 2 heterocycles. The van der Waals surface area contributed by atoms with E-state index in [1.807, 2.05) is 12.1 Å². The van der Waals surface area contributed by atoms with Gasteiger partial charge in [0.25, 0.3) is 0 Å². The molecule has 0 saturated carbocycles. The zero-order valence-electron chi connectivity index (χ0n) is 14.3. The number of alkyl halides is 3. The van der Waals surface area contributed by atoms with Crippen LogP contribution >= 0.6 is 11.6 Å². The number of nitrogens with two attached hydrogens (primary N) is 1. The third-order valence-corrected chi connectivity index (χ3v) is 3.84. The second kappa shape index (κ2) is 9.06. The standard InChI is InChI=1S/C16H14ClF3N8/c17-11-7-10(16(18,19)20)8-24-13(11)27-14-12(23)15(26-9-25-14)28(5-1-3-21)6-2-4-22/h7-9H,1-2,5-6,23H2,(H,24,25,26,27). The lowest BCUT2D eigenvalue weighted by atomic mass is 10.2. The lowest BCUT2D eigenvalue weighted by Crippen LogP contribution is -2.27. The lowest BCUT2D eigenvalue weighted by Gasteiger charge is -2.23. The van der Waals surface area contributed by atoms with Crippen LogP contribution in [0.4, 0.5) is 36.3 Å². The maximum atomic E-state index is 12.7. The number of nitrogens with zero attached hydrogens (tertiary/aromatic N) is 6. The molecule has 12 heteroatoms. The molecule has 0 fully saturated rings. The van der Waals surface area contributed by atoms with Gasteiger partial charge in [0.1, 0.15) is 17.8 Å². The molecule has 2 aromatic heterocycles. The maximum Gasteiger partial charge on any atom is 0.417 e. The van der Waals surface area contributed by atoms with Gasteiger partial charge in [-0.05, 0) is 6.07 Å². The van der Waals surface area contributed by atoms with Gasteiger partial charge in [-0.2, -0.15) is 23.7 Å². The number of halogens is 4. The molecule has 2 aromatic rings. The van der Waals surface area contributed by atoms with Crippen molar-refractivity contribution in [1.82, 2.24) is 15.0 Å². The van der Waals surface area contributed by atoms with Gasteiger partial charge in [-0.1, -0.05) is 11.6 Å². The number of pyridine rings is 1. The first kappa shape index (κ1) is 21.0. The molecule has 0 atom stereocenters. The van der Waals surface area contributed by atoms with Gasteiger partial charge < -0.3 is 16.0 Å². The molecule has 0 aliphatic carbocycles. The van der Waals surface area contributed by atoms with Gasteiger partial charge >= 0.3 is 6.18 Å². The molecule has 0 unspecified atom stereocenters. The number of nitriles is 2. The van der Waals surface area contributed by atoms with E-state index in [2.05, 4.69) is 20.3 Å². The van der Waals surface area contributed by atoms with Gasteiger partial charge in [-0.15, -0.1) is 0 Å². The molecule has 0 bridgehead atoms. The molecule has 146 valence electrons. The van der Waals surface area contributed by atoms with Crippen molar-refractivity contribution in [3.8, 4) is 12.1 Å². The fraction of sp³-hybridized carbons (Fsp3) is 0.312. The topological polar surface area (TPSA) is 128 Å². The Kier molecular flexibility index (Phi) is 6.79. The van der Waals surface area contributed by atoms with E-state index in [1.165, 1.54) is 6.33 Å². The zero-order chi connectivity index (χ0) is 20.7. The van der Waals surface area contributed by atoms with E-state index in [-0.39, 0.29) is 54.1 Å². The van der Waals surface area contributed by atoms with Crippen molar-refractivity contribution in [2.24, 2.45) is 0 Å². The van der Waals surface area contributed by atoms with Gasteiger partial charge in [0.05, 0.1) is 35.6 Å². The first-order valence-electron chi connectivity index (χ1n) is 7.87. The number of nitrogens with one attached hydrogen (secondary N) is 1. The number of rotatable bonds is 7. The summed E-state index contributed by atoms with van der Waals surface area (Å²) in [4.78, 5) is 13.4. The molecule has 0 aliphatic heterocycles. The number of aromatic nitrogens is 3. The van der Waals surface area contributed by atoms with Crippen molar-refractivity contribution >= 4 is 34.7 Å². The van der Waals surface area contributed by atoms with E-state index in [4.69, 9.17) is 27.9 Å². The van der Waals surface area contributed by atoms with Crippen LogP contribution in [0.15, 0.2) is 18.6 Å². The Balaban J connectivity index is 2.32. The highest BCUT2D eigenvalue weighted by Gasteiger charge is 2.31. The lowest BCUT2D eigenvalue weighted by molar-refractivity contribution is -0.137. The van der Waals surface area contributed by atoms with Gasteiger partial charge in [0.15, 0.2) is 11.6 Å². The van der Waals surface area contributed by atoms with Crippen molar-refractivity contribution < 1.29 is 13.2 Å². The van der Waals surface area contributed by atoms with Gasteiger partial charge in [0, 0.05) is 19.3 Å². The molecule has 0 radical (unpaired) electrons. The van der Waals surface area contributed by atoms with Crippen molar-refractivity contribution in [3.05, 3.63) is 29.2 Å². The second-order valence-corrected chi connectivity index (χ2v) is 5.85. The summed E-state index contributed by atoms with van der Waals surface area (Å²) in [6.07, 6.45) is -2.37. The normalized spacial score (nSPS) is 10.8. The average Bonchev–Trinajstić information content (AvgIpc) is 2.64. The van der Waals surface area contributed by atoms with Crippen LogP contribution in [0.2, 0.25) is 5.02 Å². The third-order valence-electron chi connectivity index (χ3n) is 3.55. The first-order valence-corrected chi connectivity index (χ1v) is 8.24. The Morgan fingerprint density at radius 1 is 1.11 bits per heavy atom. The summed E-state index contributed by atoms with van der Waals surface area (Å²) in [5.41, 5.74) is 5.17. The Morgan fingerprint density at radius 2 is 1.75 bits per heavy atom. The minimum Gasteiger partial charge on any atom is -0.393 e. The van der Waals surface area contributed by atoms with E-state index in [0.717, 1.165) is 6.07 Å². The number of anilines is 4. The molecule has 0 saturated heterocycles. The van der Waals surface area contributed by atoms with Crippen molar-refractivity contribution in [1.29, 1.82) is 10.5 Å². The number of hydrogen-bond donors (Lipinski definition) is 2. The van der Waals surface area contributed by atoms with Crippen LogP contribution in [0.5, 0.6) is 0 Å². The largest absolute Gasteiger partial charge is 0.417 e. The highest BCUT2D eigenvalue weighted by Crippen LogP contribution is 2.34. The predicted octanol–water partition coefficient (Wildman–Crippen LogP) is 3.50. The SMILES string of the molecule is N#CCCN(CCC#N)c1ncnc(Nc2ncc(C(F)(F)F)cc2Cl)c1N. The van der Waals surface area contributed by atoms with E-state index in [1.54, 1.807) is 4.90 Å². The first-order chi connectivity index (χ1) is 13.3. The number of hydrogen-bond acceptors (Lipinski definition) is 8. The molecule has 8 nitrogen and oxygen atoms in total. The molecule has 0 aromatic carbocycles. The van der Waals surface area contributed by atoms with Crippen molar-refractivity contribution in [3.63, 3.8) is 0 Å². The van der Waals surface area contributed by atoms with Gasteiger partial charge in [0.2, 0.25) is 0 Å². The smallest absolute Gasteiger partial charge is 0.393 e. The van der Waals surface area contributed by atoms with E-state index < -0.39 is 11.7 Å². The maximum absolute atomic E-state index is 12.7. The summed E-state index contributed by atoms with van der Waals surface area (Å²) in [7, 11) is 0. The van der Waals surface area contributed by atoms with Gasteiger partial charge in [-0.3, -0.25) is 0 Å². The van der Waals surface area contributed by atoms with Crippen LogP contribution in [0.1, 0.15) is 18.4 Å². The van der Waals surface area contributed by atoms with E-state index in [0.29, 0.717) is 6.20 Å². The Bertz CT molecular complexity index is 902.